The number of rotatable bonds is 3. The van der Waals surface area contributed by atoms with Crippen LogP contribution in [0.5, 0.6) is 0 Å². The van der Waals surface area contributed by atoms with Crippen molar-refractivity contribution < 1.29 is 0 Å². The van der Waals surface area contributed by atoms with Gasteiger partial charge in [0.2, 0.25) is 0 Å². The summed E-state index contributed by atoms with van der Waals surface area (Å²) < 4.78 is 2.77. The summed E-state index contributed by atoms with van der Waals surface area (Å²) in [7, 11) is 1.90. The molecule has 0 aliphatic heterocycles. The maximum atomic E-state index is 5.59. The third-order valence-corrected chi connectivity index (χ3v) is 3.75. The summed E-state index contributed by atoms with van der Waals surface area (Å²) in [6.45, 7) is 0. The second-order valence-corrected chi connectivity index (χ2v) is 4.95. The van der Waals surface area contributed by atoms with Gasteiger partial charge in [0.15, 0.2) is 0 Å². The molecular weight excluding hydrogens is 276 g/mol. The Morgan fingerprint density at radius 3 is 2.93 bits per heavy atom. The molecule has 4 nitrogen and oxygen atoms in total. The van der Waals surface area contributed by atoms with Crippen LogP contribution < -0.4 is 11.3 Å². The van der Waals surface area contributed by atoms with Crippen molar-refractivity contribution in [1.29, 1.82) is 0 Å². The molecule has 1 unspecified atom stereocenters. The summed E-state index contributed by atoms with van der Waals surface area (Å²) in [4.78, 5) is 1.17. The minimum atomic E-state index is -0.0214. The monoisotopic (exact) mass is 286 g/mol. The highest BCUT2D eigenvalue weighted by Crippen LogP contribution is 2.29. The zero-order valence-electron chi connectivity index (χ0n) is 8.14. The smallest absolute Gasteiger partial charge is 0.0981 e. The molecule has 0 aliphatic rings. The lowest BCUT2D eigenvalue weighted by atomic mass is 10.2. The van der Waals surface area contributed by atoms with Crippen LogP contribution in [0.4, 0.5) is 0 Å². The van der Waals surface area contributed by atoms with E-state index in [2.05, 4.69) is 32.5 Å². The average Bonchev–Trinajstić information content (AvgIpc) is 2.83. The van der Waals surface area contributed by atoms with Gasteiger partial charge in [-0.15, -0.1) is 11.3 Å². The fourth-order valence-electron chi connectivity index (χ4n) is 1.50. The Morgan fingerprint density at radius 2 is 2.47 bits per heavy atom. The molecule has 15 heavy (non-hydrogen) atoms. The number of aromatic nitrogens is 2. The van der Waals surface area contributed by atoms with Gasteiger partial charge in [-0.25, -0.2) is 5.43 Å². The van der Waals surface area contributed by atoms with Crippen LogP contribution in [0.25, 0.3) is 0 Å². The van der Waals surface area contributed by atoms with Crippen LogP contribution in [0.15, 0.2) is 28.2 Å². The van der Waals surface area contributed by atoms with Crippen LogP contribution in [-0.2, 0) is 7.05 Å². The summed E-state index contributed by atoms with van der Waals surface area (Å²) in [5, 5.41) is 6.21. The van der Waals surface area contributed by atoms with Crippen LogP contribution in [0.1, 0.15) is 16.6 Å². The number of hydrazine groups is 1. The molecule has 2 rings (SSSR count). The van der Waals surface area contributed by atoms with Crippen molar-refractivity contribution >= 4 is 27.3 Å². The summed E-state index contributed by atoms with van der Waals surface area (Å²) in [5.41, 5.74) is 3.84. The van der Waals surface area contributed by atoms with Gasteiger partial charge in [-0.2, -0.15) is 5.10 Å². The predicted molar refractivity (Wildman–Crippen MR) is 64.4 cm³/mol. The van der Waals surface area contributed by atoms with E-state index in [9.17, 15) is 0 Å². The number of nitrogens with zero attached hydrogens (tertiary/aromatic N) is 2. The molecule has 0 saturated carbocycles. The maximum Gasteiger partial charge on any atom is 0.0981 e. The van der Waals surface area contributed by atoms with Crippen LogP contribution >= 0.6 is 27.3 Å². The Labute approximate surface area is 100 Å². The number of halogens is 1. The van der Waals surface area contributed by atoms with Crippen molar-refractivity contribution in [2.24, 2.45) is 12.9 Å². The summed E-state index contributed by atoms with van der Waals surface area (Å²) >= 11 is 5.14. The van der Waals surface area contributed by atoms with Gasteiger partial charge in [-0.3, -0.25) is 10.5 Å². The fourth-order valence-corrected chi connectivity index (χ4v) is 2.86. The Kier molecular flexibility index (Phi) is 3.20. The van der Waals surface area contributed by atoms with Crippen LogP contribution in [0.2, 0.25) is 0 Å². The van der Waals surface area contributed by atoms with Crippen LogP contribution in [0, 0.1) is 0 Å². The molecule has 0 bridgehead atoms. The highest BCUT2D eigenvalue weighted by atomic mass is 79.9. The quantitative estimate of drug-likeness (QED) is 0.668. The van der Waals surface area contributed by atoms with E-state index in [0.717, 1.165) is 10.2 Å². The lowest BCUT2D eigenvalue weighted by Gasteiger charge is -2.15. The lowest BCUT2D eigenvalue weighted by Crippen LogP contribution is -2.30. The van der Waals surface area contributed by atoms with Gasteiger partial charge >= 0.3 is 0 Å². The van der Waals surface area contributed by atoms with Crippen molar-refractivity contribution in [2.75, 3.05) is 0 Å². The molecule has 0 fully saturated rings. The van der Waals surface area contributed by atoms with E-state index in [1.165, 1.54) is 4.88 Å². The van der Waals surface area contributed by atoms with Crippen LogP contribution in [0.3, 0.4) is 0 Å². The van der Waals surface area contributed by atoms with E-state index in [-0.39, 0.29) is 6.04 Å². The Morgan fingerprint density at radius 1 is 1.67 bits per heavy atom. The van der Waals surface area contributed by atoms with E-state index in [4.69, 9.17) is 5.84 Å². The first-order valence-electron chi connectivity index (χ1n) is 4.41. The molecule has 0 aromatic carbocycles. The lowest BCUT2D eigenvalue weighted by molar-refractivity contribution is 0.580. The van der Waals surface area contributed by atoms with Gasteiger partial charge in [0.05, 0.1) is 22.4 Å². The van der Waals surface area contributed by atoms with E-state index in [0.29, 0.717) is 0 Å². The number of aryl methyl sites for hydroxylation is 1. The molecule has 3 N–H and O–H groups in total. The average molecular weight is 287 g/mol. The zero-order valence-corrected chi connectivity index (χ0v) is 10.5. The van der Waals surface area contributed by atoms with E-state index in [1.807, 2.05) is 23.2 Å². The first kappa shape index (κ1) is 10.8. The molecule has 1 atom stereocenters. The number of hydrogen-bond donors (Lipinski definition) is 2. The number of thiophene rings is 1. The minimum absolute atomic E-state index is 0.0214. The highest BCUT2D eigenvalue weighted by Gasteiger charge is 2.19. The zero-order chi connectivity index (χ0) is 10.8. The molecule has 2 heterocycles. The van der Waals surface area contributed by atoms with Gasteiger partial charge in [-0.05, 0) is 27.4 Å². The largest absolute Gasteiger partial charge is 0.270 e. The third-order valence-electron chi connectivity index (χ3n) is 2.21. The topological polar surface area (TPSA) is 55.9 Å². The van der Waals surface area contributed by atoms with Crippen LogP contribution in [-0.4, -0.2) is 9.78 Å². The molecule has 2 aromatic heterocycles. The highest BCUT2D eigenvalue weighted by molar-refractivity contribution is 9.10. The molecule has 0 spiro atoms. The van der Waals surface area contributed by atoms with Gasteiger partial charge in [0.25, 0.3) is 0 Å². The fraction of sp³-hybridized carbons (Fsp3) is 0.222. The third kappa shape index (κ3) is 1.98. The summed E-state index contributed by atoms with van der Waals surface area (Å²) in [5.74, 6) is 5.59. The van der Waals surface area contributed by atoms with E-state index < -0.39 is 0 Å². The minimum Gasteiger partial charge on any atom is -0.270 e. The predicted octanol–water partition coefficient (Wildman–Crippen LogP) is 1.80. The molecule has 2 aromatic rings. The Bertz CT molecular complexity index is 417. The Hall–Kier alpha value is -0.690. The van der Waals surface area contributed by atoms with Crippen molar-refractivity contribution in [3.63, 3.8) is 0 Å². The van der Waals surface area contributed by atoms with Gasteiger partial charge in [0, 0.05) is 11.9 Å². The van der Waals surface area contributed by atoms with Gasteiger partial charge in [0.1, 0.15) is 0 Å². The second-order valence-electron chi connectivity index (χ2n) is 3.12. The van der Waals surface area contributed by atoms with Crippen molar-refractivity contribution in [2.45, 2.75) is 6.04 Å². The second kappa shape index (κ2) is 4.44. The molecular formula is C9H11BrN4S. The first-order valence-corrected chi connectivity index (χ1v) is 6.08. The van der Waals surface area contributed by atoms with Crippen molar-refractivity contribution in [3.05, 3.63) is 38.8 Å². The number of hydrogen-bond acceptors (Lipinski definition) is 4. The van der Waals surface area contributed by atoms with Crippen molar-refractivity contribution in [1.82, 2.24) is 15.2 Å². The number of nitrogens with one attached hydrogen (secondary N) is 1. The SMILES string of the molecule is Cn1ncc(Br)c1C(NN)c1cccs1. The van der Waals surface area contributed by atoms with Gasteiger partial charge < -0.3 is 0 Å². The standard InChI is InChI=1S/C9H11BrN4S/c1-14-9(6(10)5-12-14)8(13-11)7-3-2-4-15-7/h2-5,8,13H,11H2,1H3. The van der Waals surface area contributed by atoms with Crippen molar-refractivity contribution in [3.8, 4) is 0 Å². The van der Waals surface area contributed by atoms with E-state index in [1.54, 1.807) is 17.5 Å². The summed E-state index contributed by atoms with van der Waals surface area (Å²) in [6.07, 6.45) is 1.77. The van der Waals surface area contributed by atoms with Gasteiger partial charge in [-0.1, -0.05) is 6.07 Å². The molecule has 6 heteroatoms. The number of nitrogens with two attached hydrogens (primary N) is 1. The molecule has 80 valence electrons. The molecule has 0 radical (unpaired) electrons. The molecule has 0 amide bonds. The molecule has 0 saturated heterocycles. The first-order chi connectivity index (χ1) is 7.24. The Balaban J connectivity index is 2.44. The molecule has 0 aliphatic carbocycles. The maximum absolute atomic E-state index is 5.59. The normalized spacial score (nSPS) is 13.0. The summed E-state index contributed by atoms with van der Waals surface area (Å²) in [6, 6.07) is 4.04. The van der Waals surface area contributed by atoms with E-state index >= 15 is 0 Å².